The molecule has 5 aromatic rings. The number of methoxy groups -OCH3 is 1. The van der Waals surface area contributed by atoms with Crippen LogP contribution >= 0.6 is 45.9 Å². The Morgan fingerprint density at radius 2 is 1.94 bits per heavy atom. The van der Waals surface area contributed by atoms with Crippen molar-refractivity contribution in [1.82, 2.24) is 9.97 Å². The van der Waals surface area contributed by atoms with Gasteiger partial charge in [0.05, 0.1) is 28.4 Å². The Labute approximate surface area is 201 Å². The second kappa shape index (κ2) is 8.67. The maximum atomic E-state index is 13.8. The minimum Gasteiger partial charge on any atom is -0.494 e. The monoisotopic (exact) mass is 499 g/mol. The summed E-state index contributed by atoms with van der Waals surface area (Å²) in [4.78, 5) is 24.8. The van der Waals surface area contributed by atoms with Crippen molar-refractivity contribution < 1.29 is 9.53 Å². The summed E-state index contributed by atoms with van der Waals surface area (Å²) in [6.07, 6.45) is 3.43. The average Bonchev–Trinajstić information content (AvgIpc) is 3.41. The molecule has 1 amide bonds. The number of nitrogens with zero attached hydrogens (tertiary/aromatic N) is 3. The highest BCUT2D eigenvalue weighted by atomic mass is 35.5. The van der Waals surface area contributed by atoms with E-state index in [1.807, 2.05) is 36.4 Å². The predicted molar refractivity (Wildman–Crippen MR) is 133 cm³/mol. The molecule has 0 saturated heterocycles. The molecule has 0 saturated carbocycles. The zero-order valence-electron chi connectivity index (χ0n) is 16.7. The van der Waals surface area contributed by atoms with E-state index in [0.717, 1.165) is 20.3 Å². The number of benzene rings is 2. The fraction of sp³-hybridized carbons (Fsp3) is 0.0870. The van der Waals surface area contributed by atoms with Crippen LogP contribution in [0.15, 0.2) is 60.9 Å². The summed E-state index contributed by atoms with van der Waals surface area (Å²) in [6, 6.07) is 15.0. The van der Waals surface area contributed by atoms with Gasteiger partial charge in [-0.05, 0) is 29.8 Å². The van der Waals surface area contributed by atoms with Crippen LogP contribution in [0.2, 0.25) is 10.0 Å². The molecule has 0 radical (unpaired) electrons. The number of carbonyl (C=O) groups is 1. The van der Waals surface area contributed by atoms with Crippen molar-refractivity contribution in [2.45, 2.75) is 6.54 Å². The second-order valence-corrected chi connectivity index (χ2v) is 9.73. The van der Waals surface area contributed by atoms with E-state index in [2.05, 4.69) is 4.98 Å². The normalized spacial score (nSPS) is 11.2. The number of fused-ring (bicyclic) bond motifs is 2. The summed E-state index contributed by atoms with van der Waals surface area (Å²) in [5.74, 6) is 0.370. The topological polar surface area (TPSA) is 55.3 Å². The third kappa shape index (κ3) is 3.71. The molecule has 5 rings (SSSR count). The van der Waals surface area contributed by atoms with E-state index in [1.54, 1.807) is 36.5 Å². The standard InChI is InChI=1S/C23H15Cl2N3O2S2/c1-30-16-9-8-15(24)20-19(16)27-23(32-20)28(12-13-5-4-10-26-11-13)22(29)21-18(25)14-6-2-3-7-17(14)31-21/h2-11H,12H2,1H3. The fourth-order valence-corrected chi connectivity index (χ4v) is 6.11. The van der Waals surface area contributed by atoms with Crippen LogP contribution in [0.1, 0.15) is 15.2 Å². The van der Waals surface area contributed by atoms with Crippen molar-refractivity contribution in [3.05, 3.63) is 81.4 Å². The van der Waals surface area contributed by atoms with Gasteiger partial charge in [0.2, 0.25) is 0 Å². The highest BCUT2D eigenvalue weighted by molar-refractivity contribution is 7.23. The van der Waals surface area contributed by atoms with Crippen molar-refractivity contribution in [3.63, 3.8) is 0 Å². The minimum atomic E-state index is -0.228. The summed E-state index contributed by atoms with van der Waals surface area (Å²) < 4.78 is 7.16. The second-order valence-electron chi connectivity index (χ2n) is 6.92. The van der Waals surface area contributed by atoms with Gasteiger partial charge in [-0.25, -0.2) is 4.98 Å². The lowest BCUT2D eigenvalue weighted by Gasteiger charge is -2.19. The molecule has 32 heavy (non-hydrogen) atoms. The first kappa shape index (κ1) is 21.2. The average molecular weight is 500 g/mol. The van der Waals surface area contributed by atoms with E-state index in [1.165, 1.54) is 22.7 Å². The molecular weight excluding hydrogens is 485 g/mol. The molecule has 3 aromatic heterocycles. The molecule has 0 N–H and O–H groups in total. The van der Waals surface area contributed by atoms with Crippen LogP contribution in [0.3, 0.4) is 0 Å². The molecule has 2 aromatic carbocycles. The Morgan fingerprint density at radius 3 is 2.69 bits per heavy atom. The molecule has 5 nitrogen and oxygen atoms in total. The van der Waals surface area contributed by atoms with E-state index in [4.69, 9.17) is 32.9 Å². The molecule has 0 atom stereocenters. The molecule has 160 valence electrons. The van der Waals surface area contributed by atoms with E-state index >= 15 is 0 Å². The van der Waals surface area contributed by atoms with Gasteiger partial charge in [0.25, 0.3) is 5.91 Å². The Kier molecular flexibility index (Phi) is 5.73. The molecule has 3 heterocycles. The van der Waals surface area contributed by atoms with Crippen LogP contribution in [0.4, 0.5) is 5.13 Å². The van der Waals surface area contributed by atoms with Gasteiger partial charge in [-0.2, -0.15) is 0 Å². The van der Waals surface area contributed by atoms with Crippen molar-refractivity contribution in [2.24, 2.45) is 0 Å². The molecule has 0 aliphatic rings. The minimum absolute atomic E-state index is 0.228. The van der Waals surface area contributed by atoms with Gasteiger partial charge < -0.3 is 4.74 Å². The van der Waals surface area contributed by atoms with Crippen LogP contribution in [-0.2, 0) is 6.54 Å². The van der Waals surface area contributed by atoms with Crippen LogP contribution < -0.4 is 9.64 Å². The summed E-state index contributed by atoms with van der Waals surface area (Å²) >= 11 is 15.8. The first-order valence-corrected chi connectivity index (χ1v) is 12.0. The van der Waals surface area contributed by atoms with Gasteiger partial charge in [-0.15, -0.1) is 11.3 Å². The molecule has 0 aliphatic carbocycles. The molecule has 0 aliphatic heterocycles. The zero-order chi connectivity index (χ0) is 22.2. The number of hydrogen-bond donors (Lipinski definition) is 0. The van der Waals surface area contributed by atoms with E-state index in [0.29, 0.717) is 31.3 Å². The van der Waals surface area contributed by atoms with Gasteiger partial charge in [-0.3, -0.25) is 14.7 Å². The maximum Gasteiger partial charge on any atom is 0.272 e. The van der Waals surface area contributed by atoms with Gasteiger partial charge in [-0.1, -0.05) is 58.8 Å². The maximum absolute atomic E-state index is 13.8. The number of thiophene rings is 1. The number of aromatic nitrogens is 2. The Morgan fingerprint density at radius 1 is 1.09 bits per heavy atom. The van der Waals surface area contributed by atoms with E-state index in [9.17, 15) is 4.79 Å². The number of amides is 1. The van der Waals surface area contributed by atoms with Crippen molar-refractivity contribution in [3.8, 4) is 5.75 Å². The number of ether oxygens (including phenoxy) is 1. The third-order valence-corrected chi connectivity index (χ3v) is 8.14. The lowest BCUT2D eigenvalue weighted by atomic mass is 10.2. The molecule has 0 fully saturated rings. The van der Waals surface area contributed by atoms with E-state index in [-0.39, 0.29) is 12.5 Å². The van der Waals surface area contributed by atoms with Gasteiger partial charge in [0, 0.05) is 22.5 Å². The molecule has 0 spiro atoms. The van der Waals surface area contributed by atoms with Gasteiger partial charge >= 0.3 is 0 Å². The van der Waals surface area contributed by atoms with Crippen molar-refractivity contribution in [2.75, 3.05) is 12.0 Å². The lowest BCUT2D eigenvalue weighted by Crippen LogP contribution is -2.30. The smallest absolute Gasteiger partial charge is 0.272 e. The number of halogens is 2. The first-order chi connectivity index (χ1) is 15.6. The SMILES string of the molecule is COc1ccc(Cl)c2sc(N(Cc3cccnc3)C(=O)c3sc4ccccc4c3Cl)nc12. The summed E-state index contributed by atoms with van der Waals surface area (Å²) in [6.45, 7) is 0.289. The van der Waals surface area contributed by atoms with E-state index < -0.39 is 0 Å². The number of hydrogen-bond acceptors (Lipinski definition) is 6. The Hall–Kier alpha value is -2.71. The van der Waals surface area contributed by atoms with Crippen LogP contribution in [0, 0.1) is 0 Å². The Bertz CT molecular complexity index is 1450. The number of rotatable bonds is 5. The zero-order valence-corrected chi connectivity index (χ0v) is 19.9. The number of pyridine rings is 1. The predicted octanol–water partition coefficient (Wildman–Crippen LogP) is 7.07. The van der Waals surface area contributed by atoms with Crippen molar-refractivity contribution in [1.29, 1.82) is 0 Å². The summed E-state index contributed by atoms with van der Waals surface area (Å²) in [5, 5.41) is 2.37. The van der Waals surface area contributed by atoms with Crippen LogP contribution in [0.25, 0.3) is 20.3 Å². The summed E-state index contributed by atoms with van der Waals surface area (Å²) in [5.41, 5.74) is 1.49. The van der Waals surface area contributed by atoms with Gasteiger partial charge in [0.1, 0.15) is 16.1 Å². The fourth-order valence-electron chi connectivity index (χ4n) is 3.40. The highest BCUT2D eigenvalue weighted by Gasteiger charge is 2.27. The number of anilines is 1. The van der Waals surface area contributed by atoms with Crippen LogP contribution in [-0.4, -0.2) is 23.0 Å². The summed E-state index contributed by atoms with van der Waals surface area (Å²) in [7, 11) is 1.58. The lowest BCUT2D eigenvalue weighted by molar-refractivity contribution is 0.0989. The highest BCUT2D eigenvalue weighted by Crippen LogP contribution is 2.41. The van der Waals surface area contributed by atoms with Crippen LogP contribution in [0.5, 0.6) is 5.75 Å². The van der Waals surface area contributed by atoms with Gasteiger partial charge in [0.15, 0.2) is 5.13 Å². The molecular formula is C23H15Cl2N3O2S2. The largest absolute Gasteiger partial charge is 0.494 e. The first-order valence-electron chi connectivity index (χ1n) is 9.57. The molecule has 0 bridgehead atoms. The quantitative estimate of drug-likeness (QED) is 0.259. The Balaban J connectivity index is 1.65. The number of carbonyl (C=O) groups excluding carboxylic acids is 1. The van der Waals surface area contributed by atoms with Crippen molar-refractivity contribution >= 4 is 77.2 Å². The number of thiazole rings is 1. The molecule has 0 unspecified atom stereocenters. The molecule has 9 heteroatoms. The third-order valence-electron chi connectivity index (χ3n) is 4.94.